The molecule has 0 radical (unpaired) electrons. The molecule has 0 aromatic heterocycles. The van der Waals surface area contributed by atoms with Gasteiger partial charge in [-0.25, -0.2) is 4.79 Å². The number of aromatic carboxylic acids is 1. The maximum atomic E-state index is 11.1. The lowest BCUT2D eigenvalue weighted by Crippen LogP contribution is -2.07. The molecule has 0 saturated carbocycles. The lowest BCUT2D eigenvalue weighted by molar-refractivity contribution is 0.0692. The first kappa shape index (κ1) is 13.3. The number of benzene rings is 1. The third-order valence-electron chi connectivity index (χ3n) is 2.57. The second-order valence-corrected chi connectivity index (χ2v) is 3.69. The van der Waals surface area contributed by atoms with Gasteiger partial charge in [-0.1, -0.05) is 6.92 Å². The van der Waals surface area contributed by atoms with Crippen molar-refractivity contribution < 1.29 is 24.5 Å². The number of aliphatic hydroxyl groups is 1. The smallest absolute Gasteiger partial charge is 0.339 e. The monoisotopic (exact) mass is 240 g/mol. The molecule has 1 rings (SSSR count). The standard InChI is InChI=1S/C12H16O5/c1-7(6-13)8-4-9(12(14)15)11(17-3)10(5-8)16-2/h4-5,7,13H,6H2,1-3H3,(H,14,15). The summed E-state index contributed by atoms with van der Waals surface area (Å²) >= 11 is 0. The summed E-state index contributed by atoms with van der Waals surface area (Å²) in [4.78, 5) is 11.1. The van der Waals surface area contributed by atoms with Crippen LogP contribution in [0.25, 0.3) is 0 Å². The first-order valence-electron chi connectivity index (χ1n) is 5.15. The number of ether oxygens (including phenoxy) is 2. The number of hydrogen-bond donors (Lipinski definition) is 2. The van der Waals surface area contributed by atoms with E-state index in [1.807, 2.05) is 0 Å². The van der Waals surface area contributed by atoms with Gasteiger partial charge in [0.05, 0.1) is 14.2 Å². The van der Waals surface area contributed by atoms with Crippen LogP contribution in [0.5, 0.6) is 11.5 Å². The Morgan fingerprint density at radius 2 is 2.00 bits per heavy atom. The molecule has 1 aromatic rings. The lowest BCUT2D eigenvalue weighted by atomic mass is 9.98. The van der Waals surface area contributed by atoms with Crippen LogP contribution in [0.3, 0.4) is 0 Å². The van der Waals surface area contributed by atoms with Crippen LogP contribution in [-0.2, 0) is 0 Å². The Hall–Kier alpha value is -1.75. The van der Waals surface area contributed by atoms with Gasteiger partial charge in [-0.3, -0.25) is 0 Å². The average Bonchev–Trinajstić information content (AvgIpc) is 2.35. The molecule has 0 amide bonds. The van der Waals surface area contributed by atoms with Crippen molar-refractivity contribution >= 4 is 5.97 Å². The van der Waals surface area contributed by atoms with Crippen molar-refractivity contribution in [3.05, 3.63) is 23.3 Å². The average molecular weight is 240 g/mol. The number of carbonyl (C=O) groups is 1. The molecule has 0 bridgehead atoms. The van der Waals surface area contributed by atoms with Crippen molar-refractivity contribution in [1.29, 1.82) is 0 Å². The Bertz CT molecular complexity index is 414. The molecule has 1 aromatic carbocycles. The summed E-state index contributed by atoms with van der Waals surface area (Å²) in [5.41, 5.74) is 0.727. The molecule has 17 heavy (non-hydrogen) atoms. The number of hydrogen-bond acceptors (Lipinski definition) is 4. The fourth-order valence-electron chi connectivity index (χ4n) is 1.53. The summed E-state index contributed by atoms with van der Waals surface area (Å²) in [6.45, 7) is 1.74. The lowest BCUT2D eigenvalue weighted by Gasteiger charge is -2.15. The summed E-state index contributed by atoms with van der Waals surface area (Å²) in [5.74, 6) is -0.711. The minimum Gasteiger partial charge on any atom is -0.493 e. The summed E-state index contributed by atoms with van der Waals surface area (Å²) in [6, 6.07) is 3.16. The maximum Gasteiger partial charge on any atom is 0.339 e. The minimum absolute atomic E-state index is 0.0298. The normalized spacial score (nSPS) is 12.0. The van der Waals surface area contributed by atoms with Crippen molar-refractivity contribution in [3.8, 4) is 11.5 Å². The van der Waals surface area contributed by atoms with Crippen LogP contribution >= 0.6 is 0 Å². The van der Waals surface area contributed by atoms with E-state index in [1.54, 1.807) is 13.0 Å². The van der Waals surface area contributed by atoms with Gasteiger partial charge in [0.15, 0.2) is 11.5 Å². The number of carboxylic acids is 1. The molecule has 94 valence electrons. The van der Waals surface area contributed by atoms with Gasteiger partial charge >= 0.3 is 5.97 Å². The van der Waals surface area contributed by atoms with Gasteiger partial charge in [-0.2, -0.15) is 0 Å². The summed E-state index contributed by atoms with van der Waals surface area (Å²) in [6.07, 6.45) is 0. The molecule has 0 aliphatic heterocycles. The van der Waals surface area contributed by atoms with Crippen LogP contribution in [0.1, 0.15) is 28.8 Å². The molecule has 0 spiro atoms. The highest BCUT2D eigenvalue weighted by Crippen LogP contribution is 2.34. The Morgan fingerprint density at radius 3 is 2.41 bits per heavy atom. The molecule has 1 unspecified atom stereocenters. The maximum absolute atomic E-state index is 11.1. The van der Waals surface area contributed by atoms with Crippen LogP contribution in [0.2, 0.25) is 0 Å². The fraction of sp³-hybridized carbons (Fsp3) is 0.417. The third kappa shape index (κ3) is 2.68. The quantitative estimate of drug-likeness (QED) is 0.815. The first-order chi connectivity index (χ1) is 8.04. The molecule has 0 aliphatic rings. The fourth-order valence-corrected chi connectivity index (χ4v) is 1.53. The predicted molar refractivity (Wildman–Crippen MR) is 62.0 cm³/mol. The van der Waals surface area contributed by atoms with Gasteiger partial charge < -0.3 is 19.7 Å². The highest BCUT2D eigenvalue weighted by Gasteiger charge is 2.19. The molecule has 0 aliphatic carbocycles. The second-order valence-electron chi connectivity index (χ2n) is 3.69. The molecule has 0 saturated heterocycles. The largest absolute Gasteiger partial charge is 0.493 e. The van der Waals surface area contributed by atoms with Crippen molar-refractivity contribution in [1.82, 2.24) is 0 Å². The minimum atomic E-state index is -1.09. The van der Waals surface area contributed by atoms with Gasteiger partial charge in [-0.05, 0) is 17.7 Å². The van der Waals surface area contributed by atoms with Crippen molar-refractivity contribution in [2.24, 2.45) is 0 Å². The zero-order chi connectivity index (χ0) is 13.0. The molecular weight excluding hydrogens is 224 g/mol. The first-order valence-corrected chi connectivity index (χ1v) is 5.15. The van der Waals surface area contributed by atoms with E-state index in [0.717, 1.165) is 0 Å². The topological polar surface area (TPSA) is 76.0 Å². The van der Waals surface area contributed by atoms with Crippen LogP contribution in [0.4, 0.5) is 0 Å². The third-order valence-corrected chi connectivity index (χ3v) is 2.57. The van der Waals surface area contributed by atoms with Crippen LogP contribution in [0.15, 0.2) is 12.1 Å². The summed E-state index contributed by atoms with van der Waals surface area (Å²) in [5, 5.41) is 18.2. The Kier molecular flexibility index (Phi) is 4.34. The second kappa shape index (κ2) is 5.54. The van der Waals surface area contributed by atoms with Gasteiger partial charge in [-0.15, -0.1) is 0 Å². The molecule has 5 nitrogen and oxygen atoms in total. The van der Waals surface area contributed by atoms with E-state index in [0.29, 0.717) is 11.3 Å². The Balaban J connectivity index is 3.39. The summed E-state index contributed by atoms with van der Waals surface area (Å²) < 4.78 is 10.1. The van der Waals surface area contributed by atoms with Crippen molar-refractivity contribution in [2.45, 2.75) is 12.8 Å². The van der Waals surface area contributed by atoms with E-state index in [9.17, 15) is 4.79 Å². The van der Waals surface area contributed by atoms with E-state index in [-0.39, 0.29) is 23.8 Å². The Labute approximate surface area is 99.6 Å². The zero-order valence-electron chi connectivity index (χ0n) is 10.1. The molecular formula is C12H16O5. The van der Waals surface area contributed by atoms with Crippen LogP contribution < -0.4 is 9.47 Å². The predicted octanol–water partition coefficient (Wildman–Crippen LogP) is 1.50. The molecule has 1 atom stereocenters. The number of carboxylic acid groups (broad SMARTS) is 1. The van der Waals surface area contributed by atoms with E-state index >= 15 is 0 Å². The highest BCUT2D eigenvalue weighted by molar-refractivity contribution is 5.92. The summed E-state index contributed by atoms with van der Waals surface area (Å²) in [7, 11) is 2.83. The number of aliphatic hydroxyl groups excluding tert-OH is 1. The van der Waals surface area contributed by atoms with Gasteiger partial charge in [0.2, 0.25) is 0 Å². The molecule has 0 heterocycles. The van der Waals surface area contributed by atoms with Gasteiger partial charge in [0, 0.05) is 12.5 Å². The highest BCUT2D eigenvalue weighted by atomic mass is 16.5. The van der Waals surface area contributed by atoms with E-state index in [2.05, 4.69) is 0 Å². The van der Waals surface area contributed by atoms with Crippen molar-refractivity contribution in [2.75, 3.05) is 20.8 Å². The Morgan fingerprint density at radius 1 is 1.35 bits per heavy atom. The van der Waals surface area contributed by atoms with Crippen molar-refractivity contribution in [3.63, 3.8) is 0 Å². The van der Waals surface area contributed by atoms with Gasteiger partial charge in [0.25, 0.3) is 0 Å². The van der Waals surface area contributed by atoms with Gasteiger partial charge in [0.1, 0.15) is 5.56 Å². The zero-order valence-corrected chi connectivity index (χ0v) is 10.1. The van der Waals surface area contributed by atoms with E-state index in [4.69, 9.17) is 19.7 Å². The molecule has 5 heteroatoms. The molecule has 0 fully saturated rings. The SMILES string of the molecule is COc1cc(C(C)CO)cc(C(=O)O)c1OC. The van der Waals surface area contributed by atoms with E-state index < -0.39 is 5.97 Å². The van der Waals surface area contributed by atoms with Crippen LogP contribution in [0, 0.1) is 0 Å². The number of rotatable bonds is 5. The van der Waals surface area contributed by atoms with E-state index in [1.165, 1.54) is 20.3 Å². The number of methoxy groups -OCH3 is 2. The molecule has 2 N–H and O–H groups in total. The van der Waals surface area contributed by atoms with Crippen LogP contribution in [-0.4, -0.2) is 37.0 Å².